The van der Waals surface area contributed by atoms with Gasteiger partial charge >= 0.3 is 0 Å². The topological polar surface area (TPSA) is 48.1 Å². The van der Waals surface area contributed by atoms with Crippen LogP contribution in [0, 0.1) is 0 Å². The molecule has 36 valence electrons. The van der Waals surface area contributed by atoms with Crippen molar-refractivity contribution in [3.8, 4) is 0 Å². The van der Waals surface area contributed by atoms with Crippen molar-refractivity contribution in [1.29, 1.82) is 0 Å². The minimum Gasteiger partial charge on any atom is -0.216 e. The Kier molecular flexibility index (Phi) is 1.60. The van der Waals surface area contributed by atoms with Crippen molar-refractivity contribution >= 4 is 22.6 Å². The minimum absolute atomic E-state index is 0.294. The summed E-state index contributed by atoms with van der Waals surface area (Å²) in [7, 11) is 0. The van der Waals surface area contributed by atoms with E-state index in [-0.39, 0.29) is 0 Å². The van der Waals surface area contributed by atoms with Gasteiger partial charge in [0.1, 0.15) is 4.17 Å². The molecule has 0 aliphatic carbocycles. The molecule has 1 rings (SSSR count). The van der Waals surface area contributed by atoms with E-state index in [0.29, 0.717) is 4.17 Å². The largest absolute Gasteiger partial charge is 0.216 e. The Morgan fingerprint density at radius 2 is 1.67 bits per heavy atom. The fraction of sp³-hybridized carbons (Fsp3) is 1.00. The molecule has 4 nitrogen and oxygen atoms in total. The number of hydrogen-bond donors (Lipinski definition) is 4. The Balaban J connectivity index is 2.18. The van der Waals surface area contributed by atoms with E-state index in [9.17, 15) is 0 Å². The summed E-state index contributed by atoms with van der Waals surface area (Å²) in [6.45, 7) is 0. The molecule has 5 heteroatoms. The fourth-order valence-electron chi connectivity index (χ4n) is 0.235. The van der Waals surface area contributed by atoms with Gasteiger partial charge < -0.3 is 0 Å². The number of halogens is 1. The Labute approximate surface area is 49.1 Å². The molecular formula is CH5IN4. The molecule has 0 bridgehead atoms. The summed E-state index contributed by atoms with van der Waals surface area (Å²) in [5.41, 5.74) is 11.0. The first kappa shape index (κ1) is 4.72. The Morgan fingerprint density at radius 1 is 1.17 bits per heavy atom. The zero-order chi connectivity index (χ0) is 4.41. The van der Waals surface area contributed by atoms with Gasteiger partial charge in [0, 0.05) is 0 Å². The first-order chi connectivity index (χ1) is 2.89. The van der Waals surface area contributed by atoms with Crippen LogP contribution in [-0.4, -0.2) is 4.17 Å². The molecule has 0 aromatic carbocycles. The second kappa shape index (κ2) is 2.03. The number of hydrazine groups is 3. The molecule has 4 N–H and O–H groups in total. The number of rotatable bonds is 0. The summed E-state index contributed by atoms with van der Waals surface area (Å²) in [5, 5.41) is 0. The zero-order valence-corrected chi connectivity index (χ0v) is 5.11. The Hall–Kier alpha value is 0.570. The monoisotopic (exact) mass is 200 g/mol. The number of alkyl halides is 1. The van der Waals surface area contributed by atoms with Gasteiger partial charge in [0.05, 0.1) is 0 Å². The van der Waals surface area contributed by atoms with Gasteiger partial charge in [0.2, 0.25) is 0 Å². The highest BCUT2D eigenvalue weighted by atomic mass is 127. The molecule has 1 heterocycles. The molecule has 6 heavy (non-hydrogen) atoms. The number of hydrogen-bond acceptors (Lipinski definition) is 4. The third kappa shape index (κ3) is 1.02. The SMILES string of the molecule is IC1NNNN1. The summed E-state index contributed by atoms with van der Waals surface area (Å²) in [5.74, 6) is 0. The van der Waals surface area contributed by atoms with Crippen LogP contribution in [-0.2, 0) is 0 Å². The molecule has 1 aliphatic rings. The van der Waals surface area contributed by atoms with Crippen LogP contribution in [0.1, 0.15) is 0 Å². The Bertz CT molecular complexity index is 40.8. The van der Waals surface area contributed by atoms with Crippen molar-refractivity contribution in [1.82, 2.24) is 21.9 Å². The molecule has 1 saturated heterocycles. The van der Waals surface area contributed by atoms with Crippen molar-refractivity contribution in [2.24, 2.45) is 0 Å². The van der Waals surface area contributed by atoms with E-state index < -0.39 is 0 Å². The summed E-state index contributed by atoms with van der Waals surface area (Å²) in [6.07, 6.45) is 0. The molecule has 1 fully saturated rings. The predicted molar refractivity (Wildman–Crippen MR) is 30.4 cm³/mol. The number of nitrogens with one attached hydrogen (secondary N) is 4. The lowest BCUT2D eigenvalue weighted by molar-refractivity contribution is 0.556. The third-order valence-electron chi connectivity index (χ3n) is 0.460. The lowest BCUT2D eigenvalue weighted by atomic mass is 11.2. The van der Waals surface area contributed by atoms with E-state index in [2.05, 4.69) is 44.5 Å². The van der Waals surface area contributed by atoms with Gasteiger partial charge in [0.15, 0.2) is 0 Å². The quantitative estimate of drug-likeness (QED) is 0.226. The standard InChI is InChI=1S/CH5IN4/c2-1-3-5-6-4-1/h1,3-6H. The summed E-state index contributed by atoms with van der Waals surface area (Å²) in [6, 6.07) is 0. The molecule has 0 aromatic heterocycles. The van der Waals surface area contributed by atoms with Gasteiger partial charge in [-0.15, -0.1) is 0 Å². The maximum Gasteiger partial charge on any atom is 0.138 e. The van der Waals surface area contributed by atoms with Crippen molar-refractivity contribution in [2.75, 3.05) is 0 Å². The van der Waals surface area contributed by atoms with Gasteiger partial charge in [-0.25, -0.2) is 10.9 Å². The molecule has 0 spiro atoms. The molecule has 0 amide bonds. The minimum atomic E-state index is 0.294. The zero-order valence-electron chi connectivity index (χ0n) is 2.96. The highest BCUT2D eigenvalue weighted by Gasteiger charge is 2.03. The molecule has 0 unspecified atom stereocenters. The Morgan fingerprint density at radius 3 is 1.83 bits per heavy atom. The van der Waals surface area contributed by atoms with Crippen LogP contribution in [0.4, 0.5) is 0 Å². The molecular weight excluding hydrogens is 195 g/mol. The van der Waals surface area contributed by atoms with Crippen LogP contribution in [0.25, 0.3) is 0 Å². The van der Waals surface area contributed by atoms with E-state index in [4.69, 9.17) is 0 Å². The summed E-state index contributed by atoms with van der Waals surface area (Å²) in [4.78, 5) is 0. The highest BCUT2D eigenvalue weighted by molar-refractivity contribution is 14.1. The summed E-state index contributed by atoms with van der Waals surface area (Å²) >= 11 is 2.18. The van der Waals surface area contributed by atoms with E-state index in [1.165, 1.54) is 0 Å². The normalized spacial score (nSPS) is 25.5. The van der Waals surface area contributed by atoms with Crippen molar-refractivity contribution in [3.05, 3.63) is 0 Å². The van der Waals surface area contributed by atoms with Gasteiger partial charge in [-0.1, -0.05) is 0 Å². The average Bonchev–Trinajstić information content (AvgIpc) is 1.86. The lowest BCUT2D eigenvalue weighted by Crippen LogP contribution is -2.33. The molecule has 0 radical (unpaired) electrons. The first-order valence-corrected chi connectivity index (χ1v) is 2.79. The van der Waals surface area contributed by atoms with Crippen LogP contribution in [0.3, 0.4) is 0 Å². The second-order valence-electron chi connectivity index (χ2n) is 0.901. The molecule has 0 saturated carbocycles. The van der Waals surface area contributed by atoms with Gasteiger partial charge in [-0.3, -0.25) is 0 Å². The van der Waals surface area contributed by atoms with Crippen LogP contribution in [0.2, 0.25) is 0 Å². The predicted octanol–water partition coefficient (Wildman–Crippen LogP) is -1.18. The van der Waals surface area contributed by atoms with E-state index in [1.54, 1.807) is 0 Å². The van der Waals surface area contributed by atoms with Crippen LogP contribution in [0.15, 0.2) is 0 Å². The second-order valence-corrected chi connectivity index (χ2v) is 2.15. The van der Waals surface area contributed by atoms with E-state index >= 15 is 0 Å². The van der Waals surface area contributed by atoms with Crippen LogP contribution in [0.5, 0.6) is 0 Å². The lowest BCUT2D eigenvalue weighted by Gasteiger charge is -1.91. The fourth-order valence-corrected chi connectivity index (χ4v) is 0.546. The van der Waals surface area contributed by atoms with Gasteiger partial charge in [-0.2, -0.15) is 11.1 Å². The maximum absolute atomic E-state index is 2.83. The smallest absolute Gasteiger partial charge is 0.138 e. The first-order valence-electron chi connectivity index (χ1n) is 1.55. The average molecular weight is 200 g/mol. The van der Waals surface area contributed by atoms with Crippen molar-refractivity contribution < 1.29 is 0 Å². The third-order valence-corrected chi connectivity index (χ3v) is 1.08. The van der Waals surface area contributed by atoms with Gasteiger partial charge in [0.25, 0.3) is 0 Å². The molecule has 0 aromatic rings. The molecule has 1 aliphatic heterocycles. The van der Waals surface area contributed by atoms with Gasteiger partial charge in [-0.05, 0) is 22.6 Å². The van der Waals surface area contributed by atoms with Crippen molar-refractivity contribution in [3.63, 3.8) is 0 Å². The van der Waals surface area contributed by atoms with Crippen LogP contribution >= 0.6 is 22.6 Å². The maximum atomic E-state index is 2.83. The molecule has 0 atom stereocenters. The van der Waals surface area contributed by atoms with E-state index in [1.807, 2.05) is 0 Å². The summed E-state index contributed by atoms with van der Waals surface area (Å²) < 4.78 is 0.294. The van der Waals surface area contributed by atoms with Crippen LogP contribution < -0.4 is 21.9 Å². The van der Waals surface area contributed by atoms with E-state index in [0.717, 1.165) is 0 Å². The van der Waals surface area contributed by atoms with Crippen molar-refractivity contribution in [2.45, 2.75) is 4.17 Å². The highest BCUT2D eigenvalue weighted by Crippen LogP contribution is 1.86.